The molecule has 2 atom stereocenters. The van der Waals surface area contributed by atoms with Crippen LogP contribution in [-0.2, 0) is 17.3 Å². The molecule has 6 heteroatoms. The summed E-state index contributed by atoms with van der Waals surface area (Å²) in [6.07, 6.45) is 2.44. The second-order valence-corrected chi connectivity index (χ2v) is 11.1. The molecule has 196 valence electrons. The second kappa shape index (κ2) is 9.59. The van der Waals surface area contributed by atoms with Gasteiger partial charge in [0.15, 0.2) is 0 Å². The highest BCUT2D eigenvalue weighted by Crippen LogP contribution is 2.51. The molecule has 4 aromatic rings. The van der Waals surface area contributed by atoms with Crippen LogP contribution in [0.3, 0.4) is 0 Å². The number of aryl methyl sites for hydroxylation is 1. The third-order valence-electron chi connectivity index (χ3n) is 8.79. The van der Waals surface area contributed by atoms with Crippen molar-refractivity contribution < 1.29 is 9.90 Å². The fraction of sp³-hybridized carbons (Fsp3) is 0.375. The monoisotopic (exact) mass is 508 g/mol. The first-order valence-electron chi connectivity index (χ1n) is 13.8. The van der Waals surface area contributed by atoms with E-state index in [1.807, 2.05) is 42.5 Å². The van der Waals surface area contributed by atoms with Gasteiger partial charge in [-0.1, -0.05) is 67.1 Å². The maximum absolute atomic E-state index is 12.9. The van der Waals surface area contributed by atoms with E-state index in [9.17, 15) is 9.90 Å². The molecule has 0 saturated carbocycles. The molecule has 1 aliphatic carbocycles. The number of carbonyl (C=O) groups is 1. The number of anilines is 1. The molecule has 1 fully saturated rings. The van der Waals surface area contributed by atoms with E-state index in [1.54, 1.807) is 0 Å². The Kier molecular flexibility index (Phi) is 6.23. The van der Waals surface area contributed by atoms with E-state index in [-0.39, 0.29) is 0 Å². The van der Waals surface area contributed by atoms with Crippen LogP contribution in [0.4, 0.5) is 5.95 Å². The molecule has 0 radical (unpaired) electrons. The summed E-state index contributed by atoms with van der Waals surface area (Å²) in [6, 6.07) is 25.2. The minimum atomic E-state index is -0.969. The van der Waals surface area contributed by atoms with Crippen molar-refractivity contribution in [2.45, 2.75) is 50.6 Å². The molecule has 0 bridgehead atoms. The number of hydrogen-bond donors (Lipinski definition) is 1. The molecule has 3 aromatic carbocycles. The van der Waals surface area contributed by atoms with E-state index in [0.717, 1.165) is 71.7 Å². The van der Waals surface area contributed by atoms with Gasteiger partial charge < -0.3 is 14.6 Å². The summed E-state index contributed by atoms with van der Waals surface area (Å²) in [5.74, 6) is 0.291. The molecule has 1 aliphatic heterocycles. The van der Waals surface area contributed by atoms with Crippen LogP contribution in [-0.4, -0.2) is 57.2 Å². The number of unbranched alkanes of at least 4 members (excludes halogenated alkanes) is 1. The maximum atomic E-state index is 12.9. The summed E-state index contributed by atoms with van der Waals surface area (Å²) in [6.45, 7) is 7.43. The quantitative estimate of drug-likeness (QED) is 0.325. The Hall–Kier alpha value is -3.64. The number of rotatable bonds is 7. The molecular formula is C32H36N4O2. The smallest absolute Gasteiger partial charge is 0.318 e. The highest BCUT2D eigenvalue weighted by molar-refractivity contribution is 5.97. The molecule has 1 N–H and O–H groups in total. The SMILES string of the molecule is C[C@@H]1CN(c2nc3ccccc3n2C)C[C@H](C)N1CCCCC1(C(=O)O)c2ccccc2-c2ccccc21. The molecule has 0 amide bonds. The molecule has 0 unspecified atom stereocenters. The van der Waals surface area contributed by atoms with Crippen LogP contribution in [0, 0.1) is 0 Å². The van der Waals surface area contributed by atoms with Crippen molar-refractivity contribution in [3.05, 3.63) is 83.9 Å². The van der Waals surface area contributed by atoms with Gasteiger partial charge in [-0.2, -0.15) is 0 Å². The number of hydrogen-bond acceptors (Lipinski definition) is 4. The molecule has 0 spiro atoms. The number of carboxylic acids is 1. The number of imidazole rings is 1. The standard InChI is InChI=1S/C32H36N4O2/c1-22-20-35(31-33-28-16-8-9-17-29(28)34(31)3)21-23(2)36(22)19-11-10-18-32(30(37)38)26-14-6-4-12-24(26)25-13-5-7-15-27(25)32/h4-9,12-17,22-23H,10-11,18-21H2,1-3H3,(H,37,38)/t22-,23+. The number of carboxylic acid groups (broad SMARTS) is 1. The van der Waals surface area contributed by atoms with Gasteiger partial charge in [-0.05, 0) is 67.6 Å². The Morgan fingerprint density at radius 3 is 2.08 bits per heavy atom. The topological polar surface area (TPSA) is 61.6 Å². The van der Waals surface area contributed by atoms with Crippen LogP contribution in [0.15, 0.2) is 72.8 Å². The van der Waals surface area contributed by atoms with Gasteiger partial charge in [0.1, 0.15) is 5.41 Å². The highest BCUT2D eigenvalue weighted by Gasteiger charge is 2.48. The average molecular weight is 509 g/mol. The van der Waals surface area contributed by atoms with Crippen LogP contribution in [0.5, 0.6) is 0 Å². The van der Waals surface area contributed by atoms with E-state index in [4.69, 9.17) is 4.98 Å². The van der Waals surface area contributed by atoms with Crippen molar-refractivity contribution in [2.24, 2.45) is 7.05 Å². The lowest BCUT2D eigenvalue weighted by Crippen LogP contribution is -2.57. The molecule has 6 nitrogen and oxygen atoms in total. The van der Waals surface area contributed by atoms with Crippen LogP contribution in [0.25, 0.3) is 22.2 Å². The fourth-order valence-corrected chi connectivity index (χ4v) is 6.99. The predicted molar refractivity (Wildman–Crippen MR) is 153 cm³/mol. The van der Waals surface area contributed by atoms with Crippen molar-refractivity contribution in [3.63, 3.8) is 0 Å². The summed E-state index contributed by atoms with van der Waals surface area (Å²) in [5.41, 5.74) is 5.22. The number of para-hydroxylation sites is 2. The highest BCUT2D eigenvalue weighted by atomic mass is 16.4. The largest absolute Gasteiger partial charge is 0.480 e. The Labute approximate surface area is 224 Å². The van der Waals surface area contributed by atoms with Gasteiger partial charge in [0.2, 0.25) is 5.95 Å². The van der Waals surface area contributed by atoms with E-state index in [0.29, 0.717) is 18.5 Å². The van der Waals surface area contributed by atoms with Gasteiger partial charge in [-0.15, -0.1) is 0 Å². The van der Waals surface area contributed by atoms with Gasteiger partial charge in [-0.3, -0.25) is 9.69 Å². The van der Waals surface area contributed by atoms with Crippen LogP contribution >= 0.6 is 0 Å². The number of piperazine rings is 1. The lowest BCUT2D eigenvalue weighted by atomic mass is 9.74. The number of aromatic nitrogens is 2. The van der Waals surface area contributed by atoms with Gasteiger partial charge in [0.25, 0.3) is 0 Å². The van der Waals surface area contributed by atoms with Crippen molar-refractivity contribution >= 4 is 23.0 Å². The van der Waals surface area contributed by atoms with Crippen LogP contribution < -0.4 is 4.90 Å². The first-order chi connectivity index (χ1) is 18.4. The third-order valence-corrected chi connectivity index (χ3v) is 8.79. The number of benzene rings is 3. The zero-order chi connectivity index (χ0) is 26.4. The fourth-order valence-electron chi connectivity index (χ4n) is 6.99. The average Bonchev–Trinajstić information content (AvgIpc) is 3.41. The Bertz CT molecular complexity index is 1430. The Balaban J connectivity index is 1.14. The third kappa shape index (κ3) is 3.81. The zero-order valence-corrected chi connectivity index (χ0v) is 22.5. The number of fused-ring (bicyclic) bond motifs is 4. The van der Waals surface area contributed by atoms with Gasteiger partial charge in [0, 0.05) is 32.2 Å². The summed E-state index contributed by atoms with van der Waals surface area (Å²) in [4.78, 5) is 22.8. The molecule has 1 aromatic heterocycles. The van der Waals surface area contributed by atoms with E-state index in [2.05, 4.69) is 65.6 Å². The molecule has 1 saturated heterocycles. The molecule has 6 rings (SSSR count). The molecular weight excluding hydrogens is 472 g/mol. The van der Waals surface area contributed by atoms with Crippen molar-refractivity contribution in [1.82, 2.24) is 14.5 Å². The summed E-state index contributed by atoms with van der Waals surface area (Å²) < 4.78 is 2.20. The van der Waals surface area contributed by atoms with Gasteiger partial charge in [-0.25, -0.2) is 4.98 Å². The summed E-state index contributed by atoms with van der Waals surface area (Å²) >= 11 is 0. The van der Waals surface area contributed by atoms with Gasteiger partial charge >= 0.3 is 5.97 Å². The summed E-state index contributed by atoms with van der Waals surface area (Å²) in [5, 5.41) is 10.6. The predicted octanol–water partition coefficient (Wildman–Crippen LogP) is 5.69. The normalized spacial score (nSPS) is 20.4. The van der Waals surface area contributed by atoms with E-state index >= 15 is 0 Å². The van der Waals surface area contributed by atoms with E-state index < -0.39 is 11.4 Å². The molecule has 2 aliphatic rings. The number of aliphatic carboxylic acids is 1. The lowest BCUT2D eigenvalue weighted by Gasteiger charge is -2.45. The number of nitrogens with zero attached hydrogens (tertiary/aromatic N) is 4. The minimum Gasteiger partial charge on any atom is -0.480 e. The lowest BCUT2D eigenvalue weighted by molar-refractivity contribution is -0.142. The molecule has 38 heavy (non-hydrogen) atoms. The Morgan fingerprint density at radius 1 is 0.895 bits per heavy atom. The molecule has 2 heterocycles. The van der Waals surface area contributed by atoms with E-state index in [1.165, 1.54) is 0 Å². The summed E-state index contributed by atoms with van der Waals surface area (Å²) in [7, 11) is 2.10. The van der Waals surface area contributed by atoms with Crippen LogP contribution in [0.1, 0.15) is 44.2 Å². The van der Waals surface area contributed by atoms with Gasteiger partial charge in [0.05, 0.1) is 11.0 Å². The van der Waals surface area contributed by atoms with Crippen molar-refractivity contribution in [3.8, 4) is 11.1 Å². The van der Waals surface area contributed by atoms with Crippen molar-refractivity contribution in [1.29, 1.82) is 0 Å². The van der Waals surface area contributed by atoms with Crippen molar-refractivity contribution in [2.75, 3.05) is 24.5 Å². The van der Waals surface area contributed by atoms with Crippen LogP contribution in [0.2, 0.25) is 0 Å². The Morgan fingerprint density at radius 2 is 1.47 bits per heavy atom. The minimum absolute atomic E-state index is 0.389. The first-order valence-corrected chi connectivity index (χ1v) is 13.8. The second-order valence-electron chi connectivity index (χ2n) is 11.1. The maximum Gasteiger partial charge on any atom is 0.318 e. The zero-order valence-electron chi connectivity index (χ0n) is 22.5. The first kappa shape index (κ1) is 24.7.